The molecule has 0 saturated heterocycles. The standard InChI is InChI=1S/C25H34N4O6/c1-23(2,3)35-24(25(32,33)21(26)18-30,17-20-12-14-28-15-13-20)29(27)22(31)34-16-8-7-11-19-9-5-4-6-10-19/h4-6,9-10,12-15,32-33H,7-8,11,16-17,26-27H2,1-3H3. The van der Waals surface area contributed by atoms with E-state index in [0.717, 1.165) is 18.4 Å². The highest BCUT2D eigenvalue weighted by Crippen LogP contribution is 2.37. The highest BCUT2D eigenvalue weighted by atomic mass is 16.6. The molecule has 0 aliphatic rings. The number of nitrogens with two attached hydrogens (primary N) is 2. The van der Waals surface area contributed by atoms with Gasteiger partial charge in [0.15, 0.2) is 11.6 Å². The lowest BCUT2D eigenvalue weighted by atomic mass is 9.90. The summed E-state index contributed by atoms with van der Waals surface area (Å²) in [6.07, 6.45) is 3.60. The van der Waals surface area contributed by atoms with Crippen LogP contribution in [0, 0.1) is 0 Å². The Morgan fingerprint density at radius 1 is 1.06 bits per heavy atom. The van der Waals surface area contributed by atoms with Crippen molar-refractivity contribution in [3.8, 4) is 0 Å². The Morgan fingerprint density at radius 3 is 2.26 bits per heavy atom. The van der Waals surface area contributed by atoms with Crippen LogP contribution in [0.15, 0.2) is 60.6 Å². The van der Waals surface area contributed by atoms with Gasteiger partial charge in [0.2, 0.25) is 5.72 Å². The number of hydrazine groups is 1. The van der Waals surface area contributed by atoms with E-state index in [1.165, 1.54) is 18.3 Å². The minimum absolute atomic E-state index is 0.0308. The molecule has 10 nitrogen and oxygen atoms in total. The SMILES string of the molecule is CC(C)(C)OC(Cc1ccncc1)(N(N)C(=O)OCCCCc1ccccc1)C(O)(O)C(N)=C=O. The number of carbonyl (C=O) groups excluding carboxylic acids is 2. The first kappa shape index (κ1) is 28.0. The number of hydrogen-bond donors (Lipinski definition) is 4. The molecule has 0 radical (unpaired) electrons. The summed E-state index contributed by atoms with van der Waals surface area (Å²) in [4.78, 5) is 28.2. The van der Waals surface area contributed by atoms with Gasteiger partial charge in [0.05, 0.1) is 12.2 Å². The summed E-state index contributed by atoms with van der Waals surface area (Å²) in [5.74, 6) is 4.19. The van der Waals surface area contributed by atoms with Gasteiger partial charge in [-0.25, -0.2) is 20.4 Å². The second-order valence-corrected chi connectivity index (χ2v) is 9.15. The van der Waals surface area contributed by atoms with Crippen LogP contribution in [0.25, 0.3) is 0 Å². The van der Waals surface area contributed by atoms with E-state index < -0.39 is 28.9 Å². The van der Waals surface area contributed by atoms with Gasteiger partial charge in [-0.3, -0.25) is 4.98 Å². The highest BCUT2D eigenvalue weighted by molar-refractivity contribution is 5.68. The van der Waals surface area contributed by atoms with Gasteiger partial charge >= 0.3 is 6.09 Å². The molecule has 6 N–H and O–H groups in total. The van der Waals surface area contributed by atoms with Gasteiger partial charge < -0.3 is 25.4 Å². The van der Waals surface area contributed by atoms with Crippen LogP contribution in [-0.4, -0.2) is 56.0 Å². The van der Waals surface area contributed by atoms with Crippen LogP contribution in [0.3, 0.4) is 0 Å². The summed E-state index contributed by atoms with van der Waals surface area (Å²) < 4.78 is 11.3. The van der Waals surface area contributed by atoms with E-state index in [1.807, 2.05) is 30.3 Å². The molecule has 2 rings (SSSR count). The minimum atomic E-state index is -3.22. The number of hydrogen-bond acceptors (Lipinski definition) is 9. The van der Waals surface area contributed by atoms with Crippen LogP contribution >= 0.6 is 0 Å². The molecule has 190 valence electrons. The number of amides is 1. The molecule has 1 amide bonds. The first-order valence-corrected chi connectivity index (χ1v) is 11.2. The molecule has 0 saturated carbocycles. The average Bonchev–Trinajstić information content (AvgIpc) is 2.82. The molecule has 0 aliphatic heterocycles. The van der Waals surface area contributed by atoms with Gasteiger partial charge in [0.1, 0.15) is 0 Å². The number of benzene rings is 1. The van der Waals surface area contributed by atoms with E-state index in [0.29, 0.717) is 17.0 Å². The topological polar surface area (TPSA) is 161 Å². The molecule has 10 heteroatoms. The summed E-state index contributed by atoms with van der Waals surface area (Å²) in [6.45, 7) is 4.89. The van der Waals surface area contributed by atoms with Crippen molar-refractivity contribution in [3.05, 3.63) is 71.7 Å². The van der Waals surface area contributed by atoms with E-state index >= 15 is 0 Å². The number of unbranched alkanes of at least 4 members (excludes halogenated alkanes) is 1. The normalized spacial score (nSPS) is 13.4. The van der Waals surface area contributed by atoms with Gasteiger partial charge in [-0.15, -0.1) is 0 Å². The van der Waals surface area contributed by atoms with Gasteiger partial charge in [0.25, 0.3) is 5.79 Å². The predicted octanol–water partition coefficient (Wildman–Crippen LogP) is 1.83. The molecule has 0 fully saturated rings. The summed E-state index contributed by atoms with van der Waals surface area (Å²) in [5, 5.41) is 22.5. The Labute approximate surface area is 205 Å². The number of aryl methyl sites for hydroxylation is 1. The molecular weight excluding hydrogens is 452 g/mol. The Morgan fingerprint density at radius 2 is 1.69 bits per heavy atom. The lowest BCUT2D eigenvalue weighted by Gasteiger charge is -2.49. The van der Waals surface area contributed by atoms with Crippen molar-refractivity contribution in [2.45, 2.75) is 63.6 Å². The van der Waals surface area contributed by atoms with Crippen molar-refractivity contribution in [2.75, 3.05) is 6.61 Å². The maximum atomic E-state index is 13.0. The Balaban J connectivity index is 2.28. The molecular formula is C25H34N4O6. The molecule has 1 atom stereocenters. The summed E-state index contributed by atoms with van der Waals surface area (Å²) >= 11 is 0. The number of pyridine rings is 1. The van der Waals surface area contributed by atoms with E-state index in [4.69, 9.17) is 21.1 Å². The maximum Gasteiger partial charge on any atom is 0.426 e. The second kappa shape index (κ2) is 11.9. The molecule has 0 aliphatic carbocycles. The number of nitrogens with zero attached hydrogens (tertiary/aromatic N) is 2. The number of aliphatic hydroxyl groups is 2. The number of aromatic nitrogens is 1. The zero-order chi connectivity index (χ0) is 26.1. The van der Waals surface area contributed by atoms with Crippen molar-refractivity contribution in [1.29, 1.82) is 0 Å². The van der Waals surface area contributed by atoms with Crippen LogP contribution in [0.2, 0.25) is 0 Å². The zero-order valence-electron chi connectivity index (χ0n) is 20.3. The van der Waals surface area contributed by atoms with Crippen LogP contribution < -0.4 is 11.6 Å². The third kappa shape index (κ3) is 7.35. The van der Waals surface area contributed by atoms with Crippen molar-refractivity contribution < 1.29 is 29.3 Å². The monoisotopic (exact) mass is 486 g/mol. The molecule has 1 heterocycles. The zero-order valence-corrected chi connectivity index (χ0v) is 20.3. The van der Waals surface area contributed by atoms with Gasteiger partial charge in [-0.05, 0) is 63.3 Å². The number of carbonyl (C=O) groups is 1. The Kier molecular flexibility index (Phi) is 9.53. The molecule has 35 heavy (non-hydrogen) atoms. The molecule has 2 aromatic rings. The highest BCUT2D eigenvalue weighted by Gasteiger charge is 2.61. The van der Waals surface area contributed by atoms with E-state index in [2.05, 4.69) is 4.98 Å². The van der Waals surface area contributed by atoms with E-state index in [1.54, 1.807) is 32.9 Å². The van der Waals surface area contributed by atoms with Crippen LogP contribution in [0.1, 0.15) is 44.7 Å². The fourth-order valence-electron chi connectivity index (χ4n) is 3.55. The number of ether oxygens (including phenoxy) is 2. The average molecular weight is 487 g/mol. The van der Waals surface area contributed by atoms with Crippen LogP contribution in [0.5, 0.6) is 0 Å². The Bertz CT molecular complexity index is 1000. The fourth-order valence-corrected chi connectivity index (χ4v) is 3.55. The summed E-state index contributed by atoms with van der Waals surface area (Å²) in [7, 11) is 0. The first-order valence-electron chi connectivity index (χ1n) is 11.2. The lowest BCUT2D eigenvalue weighted by Crippen LogP contribution is -2.73. The third-order valence-corrected chi connectivity index (χ3v) is 5.21. The maximum absolute atomic E-state index is 13.0. The smallest absolute Gasteiger partial charge is 0.426 e. The first-order chi connectivity index (χ1) is 16.4. The van der Waals surface area contributed by atoms with Gasteiger partial charge in [0, 0.05) is 18.8 Å². The van der Waals surface area contributed by atoms with E-state index in [9.17, 15) is 19.8 Å². The predicted molar refractivity (Wildman–Crippen MR) is 129 cm³/mol. The van der Waals surface area contributed by atoms with Crippen LogP contribution in [-0.2, 0) is 27.1 Å². The van der Waals surface area contributed by atoms with Crippen molar-refractivity contribution in [1.82, 2.24) is 9.99 Å². The largest absolute Gasteiger partial charge is 0.448 e. The third-order valence-electron chi connectivity index (χ3n) is 5.21. The fraction of sp³-hybridized carbons (Fsp3) is 0.440. The molecule has 1 aromatic carbocycles. The lowest BCUT2D eigenvalue weighted by molar-refractivity contribution is -0.339. The minimum Gasteiger partial charge on any atom is -0.448 e. The molecule has 1 unspecified atom stereocenters. The van der Waals surface area contributed by atoms with Gasteiger partial charge in [-0.1, -0.05) is 30.3 Å². The van der Waals surface area contributed by atoms with Crippen LogP contribution in [0.4, 0.5) is 4.79 Å². The second-order valence-electron chi connectivity index (χ2n) is 9.15. The molecule has 1 aromatic heterocycles. The summed E-state index contributed by atoms with van der Waals surface area (Å²) in [6, 6.07) is 13.0. The van der Waals surface area contributed by atoms with Crippen molar-refractivity contribution in [2.24, 2.45) is 11.6 Å². The molecule has 0 bridgehead atoms. The number of rotatable bonds is 11. The Hall–Kier alpha value is -3.27. The van der Waals surface area contributed by atoms with Crippen molar-refractivity contribution >= 4 is 12.0 Å². The summed E-state index contributed by atoms with van der Waals surface area (Å²) in [5.41, 5.74) is 2.71. The van der Waals surface area contributed by atoms with E-state index in [-0.39, 0.29) is 13.0 Å². The van der Waals surface area contributed by atoms with Gasteiger partial charge in [-0.2, -0.15) is 0 Å². The quantitative estimate of drug-likeness (QED) is 0.0927. The molecule has 0 spiro atoms. The van der Waals surface area contributed by atoms with Crippen molar-refractivity contribution in [3.63, 3.8) is 0 Å².